The van der Waals surface area contributed by atoms with Gasteiger partial charge in [0.05, 0.1) is 0 Å². The van der Waals surface area contributed by atoms with Gasteiger partial charge in [0.25, 0.3) is 0 Å². The molecule has 2 heterocycles. The maximum absolute atomic E-state index is 2.50. The largest absolute Gasteiger partial charge is 0.0684 e. The summed E-state index contributed by atoms with van der Waals surface area (Å²) in [6.45, 7) is 4.99. The van der Waals surface area contributed by atoms with Crippen molar-refractivity contribution in [3.63, 3.8) is 0 Å². The minimum atomic E-state index is 0.117. The van der Waals surface area contributed by atoms with Crippen molar-refractivity contribution < 1.29 is 0 Å². The van der Waals surface area contributed by atoms with Gasteiger partial charge >= 0.3 is 0 Å². The summed E-state index contributed by atoms with van der Waals surface area (Å²) in [4.78, 5) is 0. The fourth-order valence-corrected chi connectivity index (χ4v) is 7.90. The van der Waals surface area contributed by atoms with E-state index in [1.807, 2.05) is 0 Å². The first-order valence-corrected chi connectivity index (χ1v) is 8.59. The van der Waals surface area contributed by atoms with Gasteiger partial charge in [0.2, 0.25) is 0 Å². The van der Waals surface area contributed by atoms with Crippen LogP contribution in [0, 0.1) is 11.8 Å². The molecule has 0 nitrogen and oxygen atoms in total. The molecule has 2 saturated heterocycles. The van der Waals surface area contributed by atoms with Crippen LogP contribution in [0.1, 0.15) is 39.5 Å². The maximum atomic E-state index is 2.50. The summed E-state index contributed by atoms with van der Waals surface area (Å²) in [5, 5.41) is 1.68. The summed E-state index contributed by atoms with van der Waals surface area (Å²) >= 11 is 0. The zero-order chi connectivity index (χ0) is 11.8. The van der Waals surface area contributed by atoms with Gasteiger partial charge in [-0.3, -0.25) is 0 Å². The molecule has 0 radical (unpaired) electrons. The lowest BCUT2D eigenvalue weighted by atomic mass is 9.85. The number of hydrogen-bond donors (Lipinski definition) is 0. The third-order valence-corrected chi connectivity index (χ3v) is 8.78. The van der Waals surface area contributed by atoms with Crippen LogP contribution in [0.2, 0.25) is 0 Å². The van der Waals surface area contributed by atoms with Crippen molar-refractivity contribution >= 4 is 13.2 Å². The second kappa shape index (κ2) is 4.73. The third-order valence-electron chi connectivity index (χ3n) is 4.92. The maximum Gasteiger partial charge on any atom is -0.0141 e. The number of hydrogen-bond acceptors (Lipinski definition) is 0. The quantitative estimate of drug-likeness (QED) is 0.645. The summed E-state index contributed by atoms with van der Waals surface area (Å²) in [5.41, 5.74) is 2.03. The Morgan fingerprint density at radius 2 is 1.35 bits per heavy atom. The van der Waals surface area contributed by atoms with Crippen LogP contribution in [-0.2, 0) is 0 Å². The first-order valence-electron chi connectivity index (χ1n) is 7.11. The SMILES string of the molecule is C[C@@H]1CC[C@@H]2[C@@H](C)CC[C@H]1P2c1ccccc1. The predicted octanol–water partition coefficient (Wildman–Crippen LogP) is 4.39. The van der Waals surface area contributed by atoms with Crippen LogP contribution >= 0.6 is 7.92 Å². The van der Waals surface area contributed by atoms with Crippen LogP contribution in [0.5, 0.6) is 0 Å². The highest BCUT2D eigenvalue weighted by Crippen LogP contribution is 2.61. The van der Waals surface area contributed by atoms with E-state index in [0.29, 0.717) is 0 Å². The van der Waals surface area contributed by atoms with Crippen molar-refractivity contribution in [1.29, 1.82) is 0 Å². The van der Waals surface area contributed by atoms with Crippen LogP contribution in [0.4, 0.5) is 0 Å². The van der Waals surface area contributed by atoms with Crippen molar-refractivity contribution in [2.24, 2.45) is 11.8 Å². The molecule has 0 N–H and O–H groups in total. The molecule has 2 bridgehead atoms. The van der Waals surface area contributed by atoms with E-state index < -0.39 is 0 Å². The Bertz CT molecular complexity index is 354. The Labute approximate surface area is 107 Å². The van der Waals surface area contributed by atoms with Crippen molar-refractivity contribution in [1.82, 2.24) is 0 Å². The van der Waals surface area contributed by atoms with E-state index in [4.69, 9.17) is 0 Å². The first-order chi connectivity index (χ1) is 8.27. The third kappa shape index (κ3) is 2.06. The van der Waals surface area contributed by atoms with Crippen LogP contribution < -0.4 is 5.30 Å². The molecule has 5 atom stereocenters. The summed E-state index contributed by atoms with van der Waals surface area (Å²) in [6.07, 6.45) is 5.93. The highest BCUT2D eigenvalue weighted by atomic mass is 31.1. The predicted molar refractivity (Wildman–Crippen MR) is 77.4 cm³/mol. The fraction of sp³-hybridized carbons (Fsp3) is 0.625. The fourth-order valence-electron chi connectivity index (χ4n) is 3.88. The second-order valence-electron chi connectivity index (χ2n) is 5.99. The molecule has 92 valence electrons. The minimum absolute atomic E-state index is 0.117. The van der Waals surface area contributed by atoms with E-state index in [2.05, 4.69) is 44.2 Å². The molecule has 0 amide bonds. The van der Waals surface area contributed by atoms with E-state index in [9.17, 15) is 0 Å². The molecule has 1 unspecified atom stereocenters. The van der Waals surface area contributed by atoms with Crippen molar-refractivity contribution in [2.45, 2.75) is 50.8 Å². The molecule has 2 aliphatic rings. The van der Waals surface area contributed by atoms with Crippen molar-refractivity contribution in [3.05, 3.63) is 30.3 Å². The van der Waals surface area contributed by atoms with Gasteiger partial charge in [-0.2, -0.15) is 0 Å². The molecule has 0 spiro atoms. The zero-order valence-electron chi connectivity index (χ0n) is 11.0. The van der Waals surface area contributed by atoms with Gasteiger partial charge in [-0.15, -0.1) is 0 Å². The van der Waals surface area contributed by atoms with Crippen LogP contribution in [0.25, 0.3) is 0 Å². The van der Waals surface area contributed by atoms with Gasteiger partial charge < -0.3 is 0 Å². The smallest absolute Gasteiger partial charge is 0.0141 e. The Morgan fingerprint density at radius 3 is 1.88 bits per heavy atom. The lowest BCUT2D eigenvalue weighted by Gasteiger charge is -2.49. The van der Waals surface area contributed by atoms with Gasteiger partial charge in [0.1, 0.15) is 0 Å². The Hall–Kier alpha value is -0.350. The first kappa shape index (κ1) is 11.7. The molecule has 0 aliphatic carbocycles. The molecular weight excluding hydrogens is 223 g/mol. The molecule has 0 aromatic heterocycles. The van der Waals surface area contributed by atoms with Gasteiger partial charge in [0, 0.05) is 0 Å². The molecule has 1 aromatic rings. The van der Waals surface area contributed by atoms with Crippen LogP contribution in [0.15, 0.2) is 30.3 Å². The molecular formula is C16H23P. The van der Waals surface area contributed by atoms with Crippen LogP contribution in [0.3, 0.4) is 0 Å². The average molecular weight is 246 g/mol. The van der Waals surface area contributed by atoms with E-state index >= 15 is 0 Å². The molecule has 17 heavy (non-hydrogen) atoms. The molecule has 3 rings (SSSR count). The minimum Gasteiger partial charge on any atom is -0.0684 e. The number of benzene rings is 1. The van der Waals surface area contributed by atoms with E-state index in [-0.39, 0.29) is 7.92 Å². The number of rotatable bonds is 1. The van der Waals surface area contributed by atoms with E-state index in [0.717, 1.165) is 23.2 Å². The Morgan fingerprint density at radius 1 is 0.824 bits per heavy atom. The zero-order valence-corrected chi connectivity index (χ0v) is 11.9. The normalized spacial score (nSPS) is 41.2. The van der Waals surface area contributed by atoms with Crippen LogP contribution in [-0.4, -0.2) is 11.3 Å². The van der Waals surface area contributed by atoms with Gasteiger partial charge in [-0.25, -0.2) is 0 Å². The summed E-state index contributed by atoms with van der Waals surface area (Å²) in [5.74, 6) is 1.93. The van der Waals surface area contributed by atoms with Gasteiger partial charge in [0.15, 0.2) is 0 Å². The summed E-state index contributed by atoms with van der Waals surface area (Å²) in [6, 6.07) is 11.4. The topological polar surface area (TPSA) is 0 Å². The van der Waals surface area contributed by atoms with E-state index in [1.54, 1.807) is 5.30 Å². The molecule has 1 aromatic carbocycles. The monoisotopic (exact) mass is 246 g/mol. The van der Waals surface area contributed by atoms with Gasteiger partial charge in [-0.05, 0) is 54.1 Å². The second-order valence-corrected chi connectivity index (χ2v) is 8.64. The lowest BCUT2D eigenvalue weighted by Crippen LogP contribution is -2.39. The molecule has 0 saturated carbocycles. The summed E-state index contributed by atoms with van der Waals surface area (Å²) in [7, 11) is 0.117. The average Bonchev–Trinajstić information content (AvgIpc) is 2.37. The van der Waals surface area contributed by atoms with Crippen molar-refractivity contribution in [2.75, 3.05) is 0 Å². The highest BCUT2D eigenvalue weighted by Gasteiger charge is 2.43. The van der Waals surface area contributed by atoms with Gasteiger partial charge in [-0.1, -0.05) is 52.1 Å². The Kier molecular flexibility index (Phi) is 3.26. The standard InChI is InChI=1S/C16H23P/c1-12-8-10-16-13(2)9-11-15(12)17(16)14-6-4-3-5-7-14/h3-7,12-13,15-16H,8-11H2,1-2H3/t12-,13+,15-,16-,17?/m1/s1. The molecule has 2 fully saturated rings. The highest BCUT2D eigenvalue weighted by molar-refractivity contribution is 7.67. The summed E-state index contributed by atoms with van der Waals surface area (Å²) < 4.78 is 0. The van der Waals surface area contributed by atoms with Crippen molar-refractivity contribution in [3.8, 4) is 0 Å². The Balaban J connectivity index is 1.95. The molecule has 1 heteroatoms. The lowest BCUT2D eigenvalue weighted by molar-refractivity contribution is 0.327. The van der Waals surface area contributed by atoms with E-state index in [1.165, 1.54) is 25.7 Å². The molecule has 2 aliphatic heterocycles. The number of fused-ring (bicyclic) bond motifs is 2.